The maximum Gasteiger partial charge on any atom is 0.417 e. The molecular formula is C13H11F3N2O2. The van der Waals surface area contributed by atoms with Crippen molar-refractivity contribution in [2.24, 2.45) is 10.9 Å². The van der Waals surface area contributed by atoms with Crippen molar-refractivity contribution in [1.82, 2.24) is 4.98 Å². The van der Waals surface area contributed by atoms with Gasteiger partial charge >= 0.3 is 6.18 Å². The number of aromatic nitrogens is 1. The van der Waals surface area contributed by atoms with Crippen LogP contribution in [-0.4, -0.2) is 22.9 Å². The highest BCUT2D eigenvalue weighted by Crippen LogP contribution is 2.34. The minimum absolute atomic E-state index is 0.0352. The molecule has 0 fully saturated rings. The average Bonchev–Trinajstić information content (AvgIpc) is 2.82. The minimum Gasteiger partial charge on any atom is -0.466 e. The van der Waals surface area contributed by atoms with Crippen LogP contribution in [-0.2, 0) is 15.7 Å². The molecule has 0 spiro atoms. The predicted molar refractivity (Wildman–Crippen MR) is 64.7 cm³/mol. The third-order valence-electron chi connectivity index (χ3n) is 2.80. The van der Waals surface area contributed by atoms with E-state index in [1.54, 1.807) is 19.8 Å². The second kappa shape index (κ2) is 5.09. The zero-order valence-corrected chi connectivity index (χ0v) is 10.7. The smallest absolute Gasteiger partial charge is 0.417 e. The van der Waals surface area contributed by atoms with Crippen LogP contribution in [0.4, 0.5) is 13.2 Å². The lowest BCUT2D eigenvalue weighted by Crippen LogP contribution is -2.21. The molecule has 1 aromatic rings. The Kier molecular flexibility index (Phi) is 3.63. The van der Waals surface area contributed by atoms with E-state index in [9.17, 15) is 18.0 Å². The third-order valence-corrected chi connectivity index (χ3v) is 2.80. The van der Waals surface area contributed by atoms with Gasteiger partial charge in [-0.25, -0.2) is 9.79 Å². The predicted octanol–water partition coefficient (Wildman–Crippen LogP) is 2.62. The van der Waals surface area contributed by atoms with Crippen LogP contribution in [0, 0.1) is 5.92 Å². The van der Waals surface area contributed by atoms with E-state index in [2.05, 4.69) is 9.98 Å². The number of ether oxygens (including phenoxy) is 1. The second-order valence-corrected chi connectivity index (χ2v) is 4.61. The summed E-state index contributed by atoms with van der Waals surface area (Å²) in [5.74, 6) is 1.25. The van der Waals surface area contributed by atoms with Crippen LogP contribution < -0.4 is 0 Å². The summed E-state index contributed by atoms with van der Waals surface area (Å²) in [5.41, 5.74) is -1.22. The Morgan fingerprint density at radius 2 is 2.10 bits per heavy atom. The first-order chi connectivity index (χ1) is 9.34. The van der Waals surface area contributed by atoms with Crippen molar-refractivity contribution in [1.29, 1.82) is 0 Å². The van der Waals surface area contributed by atoms with Gasteiger partial charge in [0.2, 0.25) is 5.90 Å². The number of alkyl halides is 3. The molecule has 4 nitrogen and oxygen atoms in total. The first-order valence-corrected chi connectivity index (χ1v) is 5.86. The first-order valence-electron chi connectivity index (χ1n) is 5.86. The van der Waals surface area contributed by atoms with Crippen LogP contribution in [0.1, 0.15) is 25.0 Å². The van der Waals surface area contributed by atoms with E-state index in [4.69, 9.17) is 4.74 Å². The number of hydrogen-bond acceptors (Lipinski definition) is 4. The number of pyridine rings is 1. The highest BCUT2D eigenvalue weighted by Gasteiger charge is 2.38. The zero-order chi connectivity index (χ0) is 14.9. The van der Waals surface area contributed by atoms with Gasteiger partial charge in [0.05, 0.1) is 11.1 Å². The fourth-order valence-corrected chi connectivity index (χ4v) is 1.84. The van der Waals surface area contributed by atoms with Crippen LogP contribution in [0.25, 0.3) is 0 Å². The van der Waals surface area contributed by atoms with E-state index >= 15 is 0 Å². The van der Waals surface area contributed by atoms with E-state index < -0.39 is 17.8 Å². The second-order valence-electron chi connectivity index (χ2n) is 4.61. The Hall–Kier alpha value is -2.14. The molecule has 0 aliphatic carbocycles. The van der Waals surface area contributed by atoms with Crippen molar-refractivity contribution in [3.63, 3.8) is 0 Å². The molecule has 2 rings (SSSR count). The van der Waals surface area contributed by atoms with Crippen LogP contribution in [0.5, 0.6) is 0 Å². The molecule has 1 aliphatic heterocycles. The summed E-state index contributed by atoms with van der Waals surface area (Å²) in [4.78, 5) is 18.3. The highest BCUT2D eigenvalue weighted by molar-refractivity contribution is 5.98. The number of nitrogens with zero attached hydrogens (tertiary/aromatic N) is 2. The van der Waals surface area contributed by atoms with Gasteiger partial charge in [0.15, 0.2) is 17.7 Å². The number of rotatable bonds is 2. The maximum atomic E-state index is 12.9. The zero-order valence-electron chi connectivity index (χ0n) is 10.7. The van der Waals surface area contributed by atoms with Crippen molar-refractivity contribution in [2.75, 3.05) is 0 Å². The summed E-state index contributed by atoms with van der Waals surface area (Å²) in [6, 6.07) is 0.841. The topological polar surface area (TPSA) is 51.6 Å². The fourth-order valence-electron chi connectivity index (χ4n) is 1.84. The third kappa shape index (κ3) is 2.58. The van der Waals surface area contributed by atoms with Crippen molar-refractivity contribution >= 4 is 11.8 Å². The van der Waals surface area contributed by atoms with Gasteiger partial charge in [0, 0.05) is 12.4 Å². The molecule has 2 heterocycles. The molecule has 1 atom stereocenters. The summed E-state index contributed by atoms with van der Waals surface area (Å²) >= 11 is 0. The summed E-state index contributed by atoms with van der Waals surface area (Å²) in [5, 5.41) is 0. The molecule has 0 saturated carbocycles. The van der Waals surface area contributed by atoms with Crippen molar-refractivity contribution in [3.05, 3.63) is 35.3 Å². The maximum absolute atomic E-state index is 12.9. The normalized spacial score (nSPS) is 18.8. The van der Waals surface area contributed by atoms with Crippen molar-refractivity contribution in [3.8, 4) is 0 Å². The van der Waals surface area contributed by atoms with E-state index in [0.29, 0.717) is 0 Å². The quantitative estimate of drug-likeness (QED) is 0.784. The number of carbonyl (C=O) groups excluding carboxylic acids is 1. The Labute approximate surface area is 113 Å². The molecule has 0 amide bonds. The summed E-state index contributed by atoms with van der Waals surface area (Å²) in [6.07, 6.45) is -3.18. The summed E-state index contributed by atoms with van der Waals surface area (Å²) in [6.45, 7) is 3.54. The molecule has 0 aromatic carbocycles. The number of halogens is 3. The lowest BCUT2D eigenvalue weighted by atomic mass is 10.1. The van der Waals surface area contributed by atoms with Crippen LogP contribution in [0.3, 0.4) is 0 Å². The van der Waals surface area contributed by atoms with E-state index in [1.165, 1.54) is 0 Å². The van der Waals surface area contributed by atoms with Gasteiger partial charge in [-0.15, -0.1) is 0 Å². The van der Waals surface area contributed by atoms with E-state index in [-0.39, 0.29) is 23.1 Å². The van der Waals surface area contributed by atoms with Gasteiger partial charge in [0.1, 0.15) is 0 Å². The fraction of sp³-hybridized carbons (Fsp3) is 0.385. The van der Waals surface area contributed by atoms with Gasteiger partial charge in [-0.2, -0.15) is 13.2 Å². The average molecular weight is 284 g/mol. The van der Waals surface area contributed by atoms with Gasteiger partial charge in [0.25, 0.3) is 0 Å². The van der Waals surface area contributed by atoms with Crippen molar-refractivity contribution < 1.29 is 22.7 Å². The van der Waals surface area contributed by atoms with Gasteiger partial charge in [-0.3, -0.25) is 4.98 Å². The molecule has 1 unspecified atom stereocenters. The molecule has 7 heteroatoms. The van der Waals surface area contributed by atoms with Gasteiger partial charge in [-0.1, -0.05) is 13.8 Å². The SMILES string of the molecule is CC(C)C1OC(c2cnccc2C(F)(F)F)=NC1=C=O. The Morgan fingerprint density at radius 1 is 1.40 bits per heavy atom. The van der Waals surface area contributed by atoms with Crippen LogP contribution in [0.2, 0.25) is 0 Å². The molecule has 0 radical (unpaired) electrons. The standard InChI is InChI=1S/C13H11F3N2O2/c1-7(2)11-10(6-19)18-12(20-11)8-5-17-4-3-9(8)13(14,15)16/h3-5,7,11H,1-2H3. The molecular weight excluding hydrogens is 273 g/mol. The summed E-state index contributed by atoms with van der Waals surface area (Å²) in [7, 11) is 0. The summed E-state index contributed by atoms with van der Waals surface area (Å²) < 4.78 is 44.1. The Balaban J connectivity index is 2.47. The number of aliphatic imine (C=N–C) groups is 1. The molecule has 0 saturated heterocycles. The largest absolute Gasteiger partial charge is 0.466 e. The van der Waals surface area contributed by atoms with Crippen LogP contribution >= 0.6 is 0 Å². The number of hydrogen-bond donors (Lipinski definition) is 0. The molecule has 106 valence electrons. The molecule has 1 aliphatic rings. The van der Waals surface area contributed by atoms with Crippen molar-refractivity contribution in [2.45, 2.75) is 26.1 Å². The lowest BCUT2D eigenvalue weighted by Gasteiger charge is -2.16. The van der Waals surface area contributed by atoms with E-state index in [1.807, 2.05) is 0 Å². The molecule has 0 N–H and O–H groups in total. The first kappa shape index (κ1) is 14.3. The lowest BCUT2D eigenvalue weighted by molar-refractivity contribution is -0.137. The molecule has 0 bridgehead atoms. The monoisotopic (exact) mass is 284 g/mol. The Bertz CT molecular complexity index is 602. The van der Waals surface area contributed by atoms with Gasteiger partial charge < -0.3 is 4.74 Å². The van der Waals surface area contributed by atoms with Crippen LogP contribution in [0.15, 0.2) is 29.1 Å². The Morgan fingerprint density at radius 3 is 2.60 bits per heavy atom. The highest BCUT2D eigenvalue weighted by atomic mass is 19.4. The van der Waals surface area contributed by atoms with Gasteiger partial charge in [-0.05, 0) is 12.0 Å². The minimum atomic E-state index is -4.55. The molecule has 1 aromatic heterocycles. The molecule has 20 heavy (non-hydrogen) atoms. The van der Waals surface area contributed by atoms with E-state index in [0.717, 1.165) is 18.5 Å².